The Kier molecular flexibility index (Phi) is 5.65. The molecular weight excluding hydrogens is 352 g/mol. The number of benzene rings is 2. The first-order valence-corrected chi connectivity index (χ1v) is 7.85. The molecule has 0 aliphatic carbocycles. The number of rotatable bonds is 5. The number of hydrogen-bond acceptors (Lipinski definition) is 3. The third-order valence-corrected chi connectivity index (χ3v) is 3.65. The Balaban J connectivity index is 2.28. The molecule has 112 valence electrons. The fourth-order valence-electron chi connectivity index (χ4n) is 2.14. The van der Waals surface area contributed by atoms with Crippen LogP contribution < -0.4 is 16.0 Å². The highest BCUT2D eigenvalue weighted by Crippen LogP contribution is 2.28. The Labute approximate surface area is 138 Å². The van der Waals surface area contributed by atoms with E-state index < -0.39 is 0 Å². The maximum atomic E-state index is 6.10. The lowest BCUT2D eigenvalue weighted by Gasteiger charge is -2.18. The van der Waals surface area contributed by atoms with Gasteiger partial charge < -0.3 is 4.74 Å². The van der Waals surface area contributed by atoms with Crippen LogP contribution in [0, 0.1) is 0 Å². The molecule has 2 rings (SSSR count). The van der Waals surface area contributed by atoms with Crippen molar-refractivity contribution in [1.29, 1.82) is 0 Å². The lowest BCUT2D eigenvalue weighted by atomic mass is 9.99. The molecule has 0 radical (unpaired) electrons. The molecule has 0 bridgehead atoms. The van der Waals surface area contributed by atoms with Crippen molar-refractivity contribution in [2.24, 2.45) is 5.84 Å². The van der Waals surface area contributed by atoms with E-state index in [9.17, 15) is 0 Å². The summed E-state index contributed by atoms with van der Waals surface area (Å²) in [4.78, 5) is 0. The van der Waals surface area contributed by atoms with E-state index in [1.807, 2.05) is 56.3 Å². The summed E-state index contributed by atoms with van der Waals surface area (Å²) in [6.45, 7) is 4.00. The molecule has 0 spiro atoms. The number of nitrogens with two attached hydrogens (primary N) is 1. The summed E-state index contributed by atoms with van der Waals surface area (Å²) in [6.07, 6.45) is 0.156. The second-order valence-electron chi connectivity index (χ2n) is 5.04. The molecule has 2 aromatic rings. The standard InChI is InChI=1S/C16H18BrClN2O/c1-10(2)21-15-5-3-11(4-6-15)16(20-19)12-7-13(17)9-14(18)8-12/h3-10,16,20H,19H2,1-2H3. The normalized spacial score (nSPS) is 12.5. The second-order valence-corrected chi connectivity index (χ2v) is 6.39. The average molecular weight is 370 g/mol. The molecule has 0 aromatic heterocycles. The summed E-state index contributed by atoms with van der Waals surface area (Å²) >= 11 is 9.55. The molecule has 0 amide bonds. The summed E-state index contributed by atoms with van der Waals surface area (Å²) in [5, 5.41) is 0.666. The van der Waals surface area contributed by atoms with Crippen molar-refractivity contribution in [3.8, 4) is 5.75 Å². The largest absolute Gasteiger partial charge is 0.491 e. The van der Waals surface area contributed by atoms with Crippen LogP contribution in [0.3, 0.4) is 0 Å². The van der Waals surface area contributed by atoms with Crippen LogP contribution in [0.4, 0.5) is 0 Å². The zero-order chi connectivity index (χ0) is 15.4. The summed E-state index contributed by atoms with van der Waals surface area (Å²) in [6, 6.07) is 13.5. The van der Waals surface area contributed by atoms with Crippen molar-refractivity contribution in [2.45, 2.75) is 26.0 Å². The van der Waals surface area contributed by atoms with Gasteiger partial charge in [-0.1, -0.05) is 39.7 Å². The van der Waals surface area contributed by atoms with Gasteiger partial charge in [-0.15, -0.1) is 0 Å². The van der Waals surface area contributed by atoms with Gasteiger partial charge in [0.15, 0.2) is 0 Å². The number of hydrazine groups is 1. The lowest BCUT2D eigenvalue weighted by Crippen LogP contribution is -2.28. The first-order chi connectivity index (χ1) is 9.99. The van der Waals surface area contributed by atoms with E-state index in [2.05, 4.69) is 21.4 Å². The summed E-state index contributed by atoms with van der Waals surface area (Å²) in [5.74, 6) is 6.56. The average Bonchev–Trinajstić information content (AvgIpc) is 2.40. The van der Waals surface area contributed by atoms with Gasteiger partial charge in [-0.05, 0) is 55.3 Å². The van der Waals surface area contributed by atoms with Gasteiger partial charge in [-0.2, -0.15) is 0 Å². The SMILES string of the molecule is CC(C)Oc1ccc(C(NN)c2cc(Cl)cc(Br)c2)cc1. The highest BCUT2D eigenvalue weighted by Gasteiger charge is 2.14. The van der Waals surface area contributed by atoms with Crippen LogP contribution in [-0.4, -0.2) is 6.10 Å². The van der Waals surface area contributed by atoms with Crippen molar-refractivity contribution >= 4 is 27.5 Å². The van der Waals surface area contributed by atoms with Crippen molar-refractivity contribution < 1.29 is 4.74 Å². The minimum absolute atomic E-state index is 0.131. The van der Waals surface area contributed by atoms with E-state index in [0.717, 1.165) is 21.3 Å². The minimum Gasteiger partial charge on any atom is -0.491 e. The molecule has 3 N–H and O–H groups in total. The van der Waals surface area contributed by atoms with E-state index in [-0.39, 0.29) is 12.1 Å². The fraction of sp³-hybridized carbons (Fsp3) is 0.250. The third-order valence-electron chi connectivity index (χ3n) is 2.97. The second kappa shape index (κ2) is 7.27. The van der Waals surface area contributed by atoms with E-state index in [0.29, 0.717) is 5.02 Å². The molecule has 3 nitrogen and oxygen atoms in total. The number of ether oxygens (including phenoxy) is 1. The first kappa shape index (κ1) is 16.3. The topological polar surface area (TPSA) is 47.3 Å². The first-order valence-electron chi connectivity index (χ1n) is 6.68. The smallest absolute Gasteiger partial charge is 0.119 e. The Morgan fingerprint density at radius 2 is 1.76 bits per heavy atom. The minimum atomic E-state index is -0.131. The molecule has 5 heteroatoms. The van der Waals surface area contributed by atoms with Crippen molar-refractivity contribution in [1.82, 2.24) is 5.43 Å². The zero-order valence-corrected chi connectivity index (χ0v) is 14.3. The van der Waals surface area contributed by atoms with Crippen molar-refractivity contribution in [3.63, 3.8) is 0 Å². The Bertz CT molecular complexity index is 581. The molecule has 2 aromatic carbocycles. The molecule has 21 heavy (non-hydrogen) atoms. The van der Waals surface area contributed by atoms with E-state index in [1.54, 1.807) is 0 Å². The Morgan fingerprint density at radius 1 is 1.10 bits per heavy atom. The third kappa shape index (κ3) is 4.45. The molecule has 0 heterocycles. The quantitative estimate of drug-likeness (QED) is 0.605. The van der Waals surface area contributed by atoms with Crippen LogP contribution in [-0.2, 0) is 0 Å². The highest BCUT2D eigenvalue weighted by molar-refractivity contribution is 9.10. The van der Waals surface area contributed by atoms with Gasteiger partial charge in [0, 0.05) is 9.50 Å². The van der Waals surface area contributed by atoms with Gasteiger partial charge in [0.05, 0.1) is 12.1 Å². The summed E-state index contributed by atoms with van der Waals surface area (Å²) in [7, 11) is 0. The van der Waals surface area contributed by atoms with Gasteiger partial charge >= 0.3 is 0 Å². The van der Waals surface area contributed by atoms with Gasteiger partial charge in [0.25, 0.3) is 0 Å². The van der Waals surface area contributed by atoms with Gasteiger partial charge in [0.1, 0.15) is 5.75 Å². The number of nitrogens with one attached hydrogen (secondary N) is 1. The van der Waals surface area contributed by atoms with Crippen LogP contribution in [0.25, 0.3) is 0 Å². The van der Waals surface area contributed by atoms with E-state index in [1.165, 1.54) is 0 Å². The van der Waals surface area contributed by atoms with Crippen LogP contribution in [0.15, 0.2) is 46.9 Å². The fourth-order valence-corrected chi connectivity index (χ4v) is 3.02. The predicted octanol–water partition coefficient (Wildman–Crippen LogP) is 4.44. The van der Waals surface area contributed by atoms with Crippen molar-refractivity contribution in [3.05, 3.63) is 63.1 Å². The number of hydrogen-bond donors (Lipinski definition) is 2. The Hall–Kier alpha value is -1.07. The van der Waals surface area contributed by atoms with Crippen LogP contribution >= 0.6 is 27.5 Å². The van der Waals surface area contributed by atoms with Crippen LogP contribution in [0.1, 0.15) is 31.0 Å². The van der Waals surface area contributed by atoms with Gasteiger partial charge in [-0.3, -0.25) is 5.84 Å². The summed E-state index contributed by atoms with van der Waals surface area (Å²) in [5.41, 5.74) is 4.87. The maximum absolute atomic E-state index is 6.10. The van der Waals surface area contributed by atoms with Gasteiger partial charge in [-0.25, -0.2) is 5.43 Å². The molecule has 1 unspecified atom stereocenters. The van der Waals surface area contributed by atoms with E-state index >= 15 is 0 Å². The maximum Gasteiger partial charge on any atom is 0.119 e. The monoisotopic (exact) mass is 368 g/mol. The predicted molar refractivity (Wildman–Crippen MR) is 90.5 cm³/mol. The summed E-state index contributed by atoms with van der Waals surface area (Å²) < 4.78 is 6.57. The van der Waals surface area contributed by atoms with E-state index in [4.69, 9.17) is 22.2 Å². The highest BCUT2D eigenvalue weighted by atomic mass is 79.9. The van der Waals surface area contributed by atoms with Gasteiger partial charge in [0.2, 0.25) is 0 Å². The molecule has 0 saturated heterocycles. The van der Waals surface area contributed by atoms with Crippen LogP contribution in [0.2, 0.25) is 5.02 Å². The number of halogens is 2. The Morgan fingerprint density at radius 3 is 2.29 bits per heavy atom. The molecular formula is C16H18BrClN2O. The zero-order valence-electron chi connectivity index (χ0n) is 11.9. The molecule has 0 aliphatic heterocycles. The lowest BCUT2D eigenvalue weighted by molar-refractivity contribution is 0.242. The molecule has 0 fully saturated rings. The van der Waals surface area contributed by atoms with Crippen LogP contribution in [0.5, 0.6) is 5.75 Å². The molecule has 1 atom stereocenters. The molecule has 0 saturated carbocycles. The van der Waals surface area contributed by atoms with Crippen molar-refractivity contribution in [2.75, 3.05) is 0 Å². The molecule has 0 aliphatic rings.